The van der Waals surface area contributed by atoms with Crippen molar-refractivity contribution in [1.29, 1.82) is 0 Å². The summed E-state index contributed by atoms with van der Waals surface area (Å²) in [5.74, 6) is 1.95. The molecule has 1 atom stereocenters. The molecule has 1 aliphatic carbocycles. The summed E-state index contributed by atoms with van der Waals surface area (Å²) in [6.07, 6.45) is 7.44. The van der Waals surface area contributed by atoms with Crippen LogP contribution in [-0.2, 0) is 25.9 Å². The first kappa shape index (κ1) is 23.2. The number of piperidine rings is 1. The van der Waals surface area contributed by atoms with Gasteiger partial charge in [-0.05, 0) is 65.8 Å². The van der Waals surface area contributed by atoms with Crippen molar-refractivity contribution < 1.29 is 0 Å². The Morgan fingerprint density at radius 3 is 2.74 bits per heavy atom. The van der Waals surface area contributed by atoms with Crippen LogP contribution in [-0.4, -0.2) is 47.4 Å². The highest BCUT2D eigenvalue weighted by molar-refractivity contribution is 6.11. The van der Waals surface area contributed by atoms with Gasteiger partial charge in [0.25, 0.3) is 0 Å². The summed E-state index contributed by atoms with van der Waals surface area (Å²) >= 11 is 0. The van der Waals surface area contributed by atoms with Gasteiger partial charge in [-0.15, -0.1) is 0 Å². The Balaban J connectivity index is 1.02. The molecule has 198 valence electrons. The summed E-state index contributed by atoms with van der Waals surface area (Å²) in [7, 11) is 2.13. The molecule has 5 aliphatic rings. The van der Waals surface area contributed by atoms with E-state index in [-0.39, 0.29) is 11.5 Å². The Morgan fingerprint density at radius 2 is 1.90 bits per heavy atom. The van der Waals surface area contributed by atoms with Gasteiger partial charge in [-0.25, -0.2) is 9.97 Å². The summed E-state index contributed by atoms with van der Waals surface area (Å²) in [6.45, 7) is 8.72. The van der Waals surface area contributed by atoms with E-state index < -0.39 is 0 Å². The fraction of sp³-hybridized carbons (Fsp3) is 0.406. The van der Waals surface area contributed by atoms with E-state index in [9.17, 15) is 0 Å². The molecule has 2 aromatic carbocycles. The van der Waals surface area contributed by atoms with Crippen molar-refractivity contribution in [2.45, 2.75) is 51.2 Å². The molecule has 1 fully saturated rings. The molecule has 7 heteroatoms. The maximum atomic E-state index is 6.80. The van der Waals surface area contributed by atoms with Crippen molar-refractivity contribution >= 4 is 23.0 Å². The molecular formula is C32H35N7. The van der Waals surface area contributed by atoms with E-state index in [0.29, 0.717) is 6.54 Å². The number of hydrogen-bond acceptors (Lipinski definition) is 7. The maximum absolute atomic E-state index is 6.80. The molecule has 0 bridgehead atoms. The number of benzene rings is 2. The normalized spacial score (nSPS) is 22.6. The molecule has 0 saturated carbocycles. The number of anilines is 2. The van der Waals surface area contributed by atoms with E-state index in [2.05, 4.69) is 64.7 Å². The van der Waals surface area contributed by atoms with Crippen molar-refractivity contribution in [2.75, 3.05) is 36.5 Å². The highest BCUT2D eigenvalue weighted by atomic mass is 15.3. The quantitative estimate of drug-likeness (QED) is 0.514. The largest absolute Gasteiger partial charge is 0.370 e. The fourth-order valence-electron chi connectivity index (χ4n) is 7.75. The van der Waals surface area contributed by atoms with Gasteiger partial charge in [-0.1, -0.05) is 36.9 Å². The number of hydrogen-bond donors (Lipinski definition) is 1. The van der Waals surface area contributed by atoms with Crippen LogP contribution in [0.15, 0.2) is 54.2 Å². The average molecular weight is 518 g/mol. The first-order chi connectivity index (χ1) is 19.0. The van der Waals surface area contributed by atoms with Crippen LogP contribution in [0.5, 0.6) is 0 Å². The first-order valence-corrected chi connectivity index (χ1v) is 14.3. The van der Waals surface area contributed by atoms with Crippen LogP contribution in [0.2, 0.25) is 0 Å². The molecule has 0 amide bonds. The second-order valence-electron chi connectivity index (χ2n) is 12.0. The Kier molecular flexibility index (Phi) is 4.99. The lowest BCUT2D eigenvalue weighted by atomic mass is 9.73. The second-order valence-corrected chi connectivity index (χ2v) is 12.0. The van der Waals surface area contributed by atoms with E-state index in [0.717, 1.165) is 87.0 Å². The number of nitrogens with two attached hydrogens (primary N) is 1. The van der Waals surface area contributed by atoms with Gasteiger partial charge in [0.1, 0.15) is 11.5 Å². The number of aromatic nitrogens is 2. The topological polar surface area (TPSA) is 73.9 Å². The lowest BCUT2D eigenvalue weighted by molar-refractivity contribution is 0.187. The zero-order valence-corrected chi connectivity index (χ0v) is 22.7. The van der Waals surface area contributed by atoms with Crippen LogP contribution < -0.4 is 15.5 Å². The van der Waals surface area contributed by atoms with Gasteiger partial charge in [0.2, 0.25) is 0 Å². The maximum Gasteiger partial charge on any atom is 0.156 e. The standard InChI is InChI=1S/C32H35N7/c1-20-22-9-10-27-24(25(22)19-37(20)2)8-5-13-39(27)31-29-26(17-35-31)36-28(18-34-29)38-14-11-32(12-15-38)16-21-6-3-4-7-23(21)30(32)33/h3-4,6-7,9-10,18,30H,1,5,8,11-17,19,33H2,2H3/t30-/m1/s1. The average Bonchev–Trinajstić information content (AvgIpc) is 3.61. The molecular weight excluding hydrogens is 482 g/mol. The van der Waals surface area contributed by atoms with Gasteiger partial charge in [-0.3, -0.25) is 4.99 Å². The van der Waals surface area contributed by atoms with Gasteiger partial charge in [0.05, 0.1) is 18.4 Å². The molecule has 7 nitrogen and oxygen atoms in total. The highest BCUT2D eigenvalue weighted by Gasteiger charge is 2.46. The fourth-order valence-corrected chi connectivity index (χ4v) is 7.75. The molecule has 8 rings (SSSR count). The molecule has 2 N–H and O–H groups in total. The monoisotopic (exact) mass is 517 g/mol. The molecule has 39 heavy (non-hydrogen) atoms. The number of nitrogens with zero attached hydrogens (tertiary/aromatic N) is 6. The van der Waals surface area contributed by atoms with E-state index in [1.165, 1.54) is 33.5 Å². The number of aliphatic imine (C=N–C) groups is 1. The predicted octanol–water partition coefficient (Wildman–Crippen LogP) is 4.45. The molecule has 0 unspecified atom stereocenters. The SMILES string of the molecule is C=C1c2ccc3c(c2CN1C)CCCN3C1=NCc2nc(N3CCC4(CC3)Cc3ccccc3[C@H]4N)cnc21. The van der Waals surface area contributed by atoms with Crippen LogP contribution in [0.1, 0.15) is 64.5 Å². The first-order valence-electron chi connectivity index (χ1n) is 14.3. The second kappa shape index (κ2) is 8.39. The van der Waals surface area contributed by atoms with Crippen LogP contribution >= 0.6 is 0 Å². The van der Waals surface area contributed by atoms with E-state index in [4.69, 9.17) is 20.7 Å². The number of amidine groups is 1. The Hall–Kier alpha value is -3.71. The summed E-state index contributed by atoms with van der Waals surface area (Å²) in [5.41, 5.74) is 18.2. The third-order valence-corrected chi connectivity index (χ3v) is 10.0. The van der Waals surface area contributed by atoms with Crippen molar-refractivity contribution in [1.82, 2.24) is 14.9 Å². The zero-order valence-electron chi connectivity index (χ0n) is 22.7. The molecule has 3 aromatic rings. The minimum atomic E-state index is 0.130. The molecule has 4 aliphatic heterocycles. The predicted molar refractivity (Wildman–Crippen MR) is 156 cm³/mol. The molecule has 1 spiro atoms. The minimum absolute atomic E-state index is 0.130. The highest BCUT2D eigenvalue weighted by Crippen LogP contribution is 2.51. The van der Waals surface area contributed by atoms with Crippen LogP contribution in [0.3, 0.4) is 0 Å². The summed E-state index contributed by atoms with van der Waals surface area (Å²) in [5, 5.41) is 0. The Morgan fingerprint density at radius 1 is 1.05 bits per heavy atom. The van der Waals surface area contributed by atoms with Gasteiger partial charge in [-0.2, -0.15) is 0 Å². The summed E-state index contributed by atoms with van der Waals surface area (Å²) in [4.78, 5) is 22.1. The van der Waals surface area contributed by atoms with E-state index in [1.54, 1.807) is 0 Å². The minimum Gasteiger partial charge on any atom is -0.370 e. The van der Waals surface area contributed by atoms with E-state index in [1.807, 2.05) is 6.20 Å². The van der Waals surface area contributed by atoms with Crippen molar-refractivity contribution in [3.63, 3.8) is 0 Å². The van der Waals surface area contributed by atoms with Crippen molar-refractivity contribution in [3.8, 4) is 0 Å². The molecule has 0 radical (unpaired) electrons. The number of rotatable bonds is 1. The zero-order chi connectivity index (χ0) is 26.3. The Bertz CT molecular complexity index is 1550. The van der Waals surface area contributed by atoms with Crippen molar-refractivity contribution in [3.05, 3.63) is 88.4 Å². The van der Waals surface area contributed by atoms with Gasteiger partial charge in [0, 0.05) is 56.2 Å². The third-order valence-electron chi connectivity index (χ3n) is 10.0. The molecule has 1 aromatic heterocycles. The smallest absolute Gasteiger partial charge is 0.156 e. The number of fused-ring (bicyclic) bond motifs is 5. The summed E-state index contributed by atoms with van der Waals surface area (Å²) < 4.78 is 0. The van der Waals surface area contributed by atoms with Crippen molar-refractivity contribution in [2.24, 2.45) is 16.1 Å². The van der Waals surface area contributed by atoms with Crippen LogP contribution in [0, 0.1) is 5.41 Å². The van der Waals surface area contributed by atoms with Crippen LogP contribution in [0.4, 0.5) is 11.5 Å². The lowest BCUT2D eigenvalue weighted by Gasteiger charge is -2.42. The van der Waals surface area contributed by atoms with Gasteiger partial charge < -0.3 is 20.4 Å². The van der Waals surface area contributed by atoms with Gasteiger partial charge in [0.15, 0.2) is 5.84 Å². The van der Waals surface area contributed by atoms with E-state index >= 15 is 0 Å². The molecule has 1 saturated heterocycles. The Labute approximate surface area is 230 Å². The molecule has 5 heterocycles. The van der Waals surface area contributed by atoms with Crippen LogP contribution in [0.25, 0.3) is 5.70 Å². The van der Waals surface area contributed by atoms with Gasteiger partial charge >= 0.3 is 0 Å². The third kappa shape index (κ3) is 3.35. The lowest BCUT2D eigenvalue weighted by Crippen LogP contribution is -2.44. The summed E-state index contributed by atoms with van der Waals surface area (Å²) in [6, 6.07) is 13.4.